The molecule has 116 valence electrons. The third-order valence-electron chi connectivity index (χ3n) is 4.76. The zero-order chi connectivity index (χ0) is 14.8. The van der Waals surface area contributed by atoms with E-state index in [2.05, 4.69) is 9.80 Å². The molecule has 1 aromatic carbocycles. The molecule has 3 nitrogen and oxygen atoms in total. The highest BCUT2D eigenvalue weighted by Crippen LogP contribution is 2.22. The summed E-state index contributed by atoms with van der Waals surface area (Å²) in [5.74, 6) is -1.46. The third kappa shape index (κ3) is 3.42. The SMILES string of the molecule is NC1CCN(C2CCN(Cc3cccc(F)c3F)C2)CC1. The van der Waals surface area contributed by atoms with Crippen LogP contribution in [0.2, 0.25) is 0 Å². The lowest BCUT2D eigenvalue weighted by atomic mass is 10.0. The van der Waals surface area contributed by atoms with Gasteiger partial charge in [0.25, 0.3) is 0 Å². The molecule has 2 heterocycles. The van der Waals surface area contributed by atoms with Crippen molar-refractivity contribution in [2.24, 2.45) is 5.73 Å². The van der Waals surface area contributed by atoms with Gasteiger partial charge in [0.2, 0.25) is 0 Å². The Bertz CT molecular complexity index is 486. The van der Waals surface area contributed by atoms with Crippen LogP contribution in [0, 0.1) is 11.6 Å². The van der Waals surface area contributed by atoms with Gasteiger partial charge in [-0.15, -0.1) is 0 Å². The topological polar surface area (TPSA) is 32.5 Å². The van der Waals surface area contributed by atoms with Crippen molar-refractivity contribution in [2.45, 2.75) is 37.9 Å². The molecule has 2 aliphatic rings. The predicted octanol–water partition coefficient (Wildman–Crippen LogP) is 1.96. The van der Waals surface area contributed by atoms with Crippen LogP contribution < -0.4 is 5.73 Å². The molecule has 5 heteroatoms. The highest BCUT2D eigenvalue weighted by atomic mass is 19.2. The fourth-order valence-corrected chi connectivity index (χ4v) is 3.45. The molecule has 0 saturated carbocycles. The Labute approximate surface area is 124 Å². The lowest BCUT2D eigenvalue weighted by molar-refractivity contribution is 0.151. The van der Waals surface area contributed by atoms with Crippen LogP contribution in [0.5, 0.6) is 0 Å². The lowest BCUT2D eigenvalue weighted by Crippen LogP contribution is -2.46. The smallest absolute Gasteiger partial charge is 0.163 e. The van der Waals surface area contributed by atoms with Gasteiger partial charge in [0.15, 0.2) is 11.6 Å². The van der Waals surface area contributed by atoms with Crippen LogP contribution in [0.15, 0.2) is 18.2 Å². The summed E-state index contributed by atoms with van der Waals surface area (Å²) in [6.45, 7) is 4.50. The summed E-state index contributed by atoms with van der Waals surface area (Å²) >= 11 is 0. The van der Waals surface area contributed by atoms with Gasteiger partial charge in [-0.3, -0.25) is 9.80 Å². The Morgan fingerprint density at radius 1 is 1.10 bits per heavy atom. The molecule has 2 aliphatic heterocycles. The van der Waals surface area contributed by atoms with E-state index in [-0.39, 0.29) is 0 Å². The van der Waals surface area contributed by atoms with E-state index in [0.717, 1.165) is 45.4 Å². The Balaban J connectivity index is 1.56. The van der Waals surface area contributed by atoms with Gasteiger partial charge in [0, 0.05) is 37.3 Å². The Kier molecular flexibility index (Phi) is 4.52. The third-order valence-corrected chi connectivity index (χ3v) is 4.76. The molecule has 0 aromatic heterocycles. The van der Waals surface area contributed by atoms with Crippen molar-refractivity contribution in [1.82, 2.24) is 9.80 Å². The predicted molar refractivity (Wildman–Crippen MR) is 78.8 cm³/mol. The largest absolute Gasteiger partial charge is 0.328 e. The molecule has 2 saturated heterocycles. The van der Waals surface area contributed by atoms with Crippen LogP contribution in [0.25, 0.3) is 0 Å². The average molecular weight is 295 g/mol. The molecule has 2 fully saturated rings. The van der Waals surface area contributed by atoms with Gasteiger partial charge < -0.3 is 5.73 Å². The van der Waals surface area contributed by atoms with Crippen LogP contribution >= 0.6 is 0 Å². The maximum absolute atomic E-state index is 13.7. The fraction of sp³-hybridized carbons (Fsp3) is 0.625. The first-order chi connectivity index (χ1) is 10.1. The average Bonchev–Trinajstić information content (AvgIpc) is 2.93. The number of nitrogens with zero attached hydrogens (tertiary/aromatic N) is 2. The molecule has 1 atom stereocenters. The quantitative estimate of drug-likeness (QED) is 0.925. The zero-order valence-corrected chi connectivity index (χ0v) is 12.3. The van der Waals surface area contributed by atoms with Crippen LogP contribution in [0.3, 0.4) is 0 Å². The van der Waals surface area contributed by atoms with Crippen LogP contribution in [-0.2, 0) is 6.54 Å². The van der Waals surface area contributed by atoms with E-state index in [1.54, 1.807) is 12.1 Å². The molecule has 3 rings (SSSR count). The van der Waals surface area contributed by atoms with Crippen molar-refractivity contribution in [2.75, 3.05) is 26.2 Å². The van der Waals surface area contributed by atoms with E-state index >= 15 is 0 Å². The van der Waals surface area contributed by atoms with Crippen molar-refractivity contribution in [3.05, 3.63) is 35.4 Å². The maximum Gasteiger partial charge on any atom is 0.163 e. The van der Waals surface area contributed by atoms with Crippen LogP contribution in [0.1, 0.15) is 24.8 Å². The minimum absolute atomic E-state index is 0.347. The first kappa shape index (κ1) is 14.9. The minimum atomic E-state index is -0.756. The monoisotopic (exact) mass is 295 g/mol. The van der Waals surface area contributed by atoms with E-state index in [1.165, 1.54) is 6.07 Å². The van der Waals surface area contributed by atoms with Crippen LogP contribution in [-0.4, -0.2) is 48.1 Å². The van der Waals surface area contributed by atoms with Crippen molar-refractivity contribution in [1.29, 1.82) is 0 Å². The molecule has 0 aliphatic carbocycles. The highest BCUT2D eigenvalue weighted by Gasteiger charge is 2.30. The van der Waals surface area contributed by atoms with Crippen molar-refractivity contribution in [3.63, 3.8) is 0 Å². The van der Waals surface area contributed by atoms with Gasteiger partial charge in [-0.2, -0.15) is 0 Å². The van der Waals surface area contributed by atoms with Crippen molar-refractivity contribution in [3.8, 4) is 0 Å². The van der Waals surface area contributed by atoms with Gasteiger partial charge in [-0.05, 0) is 38.4 Å². The number of halogens is 2. The summed E-state index contributed by atoms with van der Waals surface area (Å²) in [4.78, 5) is 4.72. The van der Waals surface area contributed by atoms with E-state index in [9.17, 15) is 8.78 Å². The molecule has 0 spiro atoms. The zero-order valence-electron chi connectivity index (χ0n) is 12.3. The van der Waals surface area contributed by atoms with Gasteiger partial charge in [0.05, 0.1) is 0 Å². The number of likely N-dealkylation sites (tertiary alicyclic amines) is 2. The second-order valence-electron chi connectivity index (χ2n) is 6.26. The molecule has 0 radical (unpaired) electrons. The summed E-state index contributed by atoms with van der Waals surface area (Å²) in [5, 5.41) is 0. The first-order valence-corrected chi connectivity index (χ1v) is 7.78. The molecule has 1 aromatic rings. The Hall–Kier alpha value is -1.04. The molecule has 2 N–H and O–H groups in total. The standard InChI is InChI=1S/C16H23F2N3/c17-15-3-1-2-12(16(15)18)10-20-7-6-14(11-20)21-8-4-13(19)5-9-21/h1-3,13-14H,4-11,19H2. The van der Waals surface area contributed by atoms with E-state index < -0.39 is 11.6 Å². The normalized spacial score (nSPS) is 25.6. The maximum atomic E-state index is 13.7. The number of rotatable bonds is 3. The molecule has 0 bridgehead atoms. The Morgan fingerprint density at radius 2 is 1.86 bits per heavy atom. The van der Waals surface area contributed by atoms with Gasteiger partial charge >= 0.3 is 0 Å². The molecular weight excluding hydrogens is 272 g/mol. The number of benzene rings is 1. The number of nitrogens with two attached hydrogens (primary N) is 1. The first-order valence-electron chi connectivity index (χ1n) is 7.78. The number of piperidine rings is 1. The Morgan fingerprint density at radius 3 is 2.62 bits per heavy atom. The summed E-state index contributed by atoms with van der Waals surface area (Å²) in [7, 11) is 0. The van der Waals surface area contributed by atoms with Gasteiger partial charge in [0.1, 0.15) is 0 Å². The van der Waals surface area contributed by atoms with E-state index in [1.807, 2.05) is 0 Å². The molecule has 21 heavy (non-hydrogen) atoms. The number of hydrogen-bond acceptors (Lipinski definition) is 3. The summed E-state index contributed by atoms with van der Waals surface area (Å²) < 4.78 is 27.0. The molecular formula is C16H23F2N3. The van der Waals surface area contributed by atoms with E-state index in [4.69, 9.17) is 5.73 Å². The summed E-state index contributed by atoms with van der Waals surface area (Å²) in [6.07, 6.45) is 3.23. The minimum Gasteiger partial charge on any atom is -0.328 e. The summed E-state index contributed by atoms with van der Waals surface area (Å²) in [6, 6.07) is 5.30. The second kappa shape index (κ2) is 6.38. The van der Waals surface area contributed by atoms with Crippen molar-refractivity contribution < 1.29 is 8.78 Å². The lowest BCUT2D eigenvalue weighted by Gasteiger charge is -2.34. The highest BCUT2D eigenvalue weighted by molar-refractivity contribution is 5.19. The van der Waals surface area contributed by atoms with Crippen molar-refractivity contribution >= 4 is 0 Å². The van der Waals surface area contributed by atoms with Gasteiger partial charge in [-0.1, -0.05) is 12.1 Å². The van der Waals surface area contributed by atoms with E-state index in [0.29, 0.717) is 24.2 Å². The van der Waals surface area contributed by atoms with Gasteiger partial charge in [-0.25, -0.2) is 8.78 Å². The molecule has 1 unspecified atom stereocenters. The summed E-state index contributed by atoms with van der Waals surface area (Å²) in [5.41, 5.74) is 6.40. The fourth-order valence-electron chi connectivity index (χ4n) is 3.45. The van der Waals surface area contributed by atoms with Crippen LogP contribution in [0.4, 0.5) is 8.78 Å². The number of hydrogen-bond donors (Lipinski definition) is 1. The second-order valence-corrected chi connectivity index (χ2v) is 6.26. The molecule has 0 amide bonds.